The summed E-state index contributed by atoms with van der Waals surface area (Å²) in [5.74, 6) is -0.585. The molecular weight excluding hydrogens is 320 g/mol. The van der Waals surface area contributed by atoms with Crippen LogP contribution in [-0.4, -0.2) is 50.4 Å². The normalized spacial score (nSPS) is 11.5. The zero-order chi connectivity index (χ0) is 18.7. The molecule has 25 heavy (non-hydrogen) atoms. The van der Waals surface area contributed by atoms with Crippen LogP contribution < -0.4 is 20.9 Å². The number of para-hydroxylation sites is 1. The molecule has 0 radical (unpaired) electrons. The largest absolute Gasteiger partial charge is 0.355 e. The number of nitrogens with one attached hydrogen (secondary N) is 4. The summed E-state index contributed by atoms with van der Waals surface area (Å²) >= 11 is 0. The first-order valence-corrected chi connectivity index (χ1v) is 8.68. The van der Waals surface area contributed by atoms with Gasteiger partial charge in [0.25, 0.3) is 11.8 Å². The van der Waals surface area contributed by atoms with Gasteiger partial charge in [0.1, 0.15) is 0 Å². The fourth-order valence-corrected chi connectivity index (χ4v) is 2.46. The summed E-state index contributed by atoms with van der Waals surface area (Å²) in [6.07, 6.45) is 0.858. The van der Waals surface area contributed by atoms with Crippen molar-refractivity contribution < 1.29 is 19.3 Å². The molecule has 0 aliphatic carbocycles. The number of likely N-dealkylation sites (N-methyl/N-ethyl adjacent to an activating group) is 1. The topological polar surface area (TPSA) is 91.7 Å². The Bertz CT molecular complexity index is 589. The number of carbonyl (C=O) groups is 3. The summed E-state index contributed by atoms with van der Waals surface area (Å²) in [7, 11) is 0. The molecule has 0 aliphatic heterocycles. The molecule has 3 amide bonds. The third-order valence-electron chi connectivity index (χ3n) is 3.66. The highest BCUT2D eigenvalue weighted by atomic mass is 16.2. The Balaban J connectivity index is 2.50. The molecule has 0 bridgehead atoms. The van der Waals surface area contributed by atoms with E-state index in [9.17, 15) is 14.4 Å². The van der Waals surface area contributed by atoms with Crippen LogP contribution in [0.15, 0.2) is 24.3 Å². The van der Waals surface area contributed by atoms with Gasteiger partial charge in [-0.1, -0.05) is 25.1 Å². The van der Waals surface area contributed by atoms with Gasteiger partial charge in [0, 0.05) is 12.2 Å². The second kappa shape index (κ2) is 11.2. The van der Waals surface area contributed by atoms with Crippen molar-refractivity contribution in [3.63, 3.8) is 0 Å². The lowest BCUT2D eigenvalue weighted by Crippen LogP contribution is -3.14. The van der Waals surface area contributed by atoms with Crippen LogP contribution in [0.4, 0.5) is 5.69 Å². The Morgan fingerprint density at radius 3 is 2.28 bits per heavy atom. The minimum absolute atomic E-state index is 0.0402. The fourth-order valence-electron chi connectivity index (χ4n) is 2.46. The maximum atomic E-state index is 12.3. The SMILES string of the molecule is CCC[NH+](CC(=O)NCC(=O)NCC)CC(=O)Nc1ccccc1C. The molecule has 0 aliphatic rings. The van der Waals surface area contributed by atoms with E-state index in [2.05, 4.69) is 16.0 Å². The summed E-state index contributed by atoms with van der Waals surface area (Å²) in [4.78, 5) is 36.5. The summed E-state index contributed by atoms with van der Waals surface area (Å²) in [5.41, 5.74) is 1.77. The number of rotatable bonds is 10. The van der Waals surface area contributed by atoms with Gasteiger partial charge in [0.05, 0.1) is 13.1 Å². The van der Waals surface area contributed by atoms with Crippen molar-refractivity contribution >= 4 is 23.4 Å². The molecule has 7 heteroatoms. The first kappa shape index (κ1) is 20.6. The lowest BCUT2D eigenvalue weighted by atomic mass is 10.2. The zero-order valence-corrected chi connectivity index (χ0v) is 15.3. The van der Waals surface area contributed by atoms with Crippen molar-refractivity contribution in [3.05, 3.63) is 29.8 Å². The van der Waals surface area contributed by atoms with Gasteiger partial charge in [-0.05, 0) is 31.9 Å². The van der Waals surface area contributed by atoms with Crippen LogP contribution >= 0.6 is 0 Å². The number of hydrogen-bond donors (Lipinski definition) is 4. The second-order valence-corrected chi connectivity index (χ2v) is 5.95. The second-order valence-electron chi connectivity index (χ2n) is 5.95. The van der Waals surface area contributed by atoms with Crippen LogP contribution in [0.5, 0.6) is 0 Å². The molecular formula is C18H29N4O3+. The van der Waals surface area contributed by atoms with Crippen LogP contribution in [0.2, 0.25) is 0 Å². The molecule has 138 valence electrons. The molecule has 0 heterocycles. The average Bonchev–Trinajstić information content (AvgIpc) is 2.55. The van der Waals surface area contributed by atoms with Crippen LogP contribution in [0.1, 0.15) is 25.8 Å². The third kappa shape index (κ3) is 8.30. The summed E-state index contributed by atoms with van der Waals surface area (Å²) in [5, 5.41) is 8.09. The van der Waals surface area contributed by atoms with Gasteiger partial charge in [0.2, 0.25) is 5.91 Å². The van der Waals surface area contributed by atoms with Crippen molar-refractivity contribution in [1.29, 1.82) is 0 Å². The van der Waals surface area contributed by atoms with E-state index in [0.717, 1.165) is 22.6 Å². The number of benzene rings is 1. The lowest BCUT2D eigenvalue weighted by molar-refractivity contribution is -0.883. The van der Waals surface area contributed by atoms with E-state index in [4.69, 9.17) is 0 Å². The molecule has 1 atom stereocenters. The summed E-state index contributed by atoms with van der Waals surface area (Å²) in [6.45, 7) is 7.32. The number of carbonyl (C=O) groups excluding carboxylic acids is 3. The highest BCUT2D eigenvalue weighted by Crippen LogP contribution is 2.12. The van der Waals surface area contributed by atoms with Crippen molar-refractivity contribution in [2.45, 2.75) is 27.2 Å². The Morgan fingerprint density at radius 1 is 0.960 bits per heavy atom. The highest BCUT2D eigenvalue weighted by Gasteiger charge is 2.18. The summed E-state index contributed by atoms with van der Waals surface area (Å²) < 4.78 is 0. The fraction of sp³-hybridized carbons (Fsp3) is 0.500. The molecule has 4 N–H and O–H groups in total. The summed E-state index contributed by atoms with van der Waals surface area (Å²) in [6, 6.07) is 7.57. The molecule has 0 saturated carbocycles. The minimum Gasteiger partial charge on any atom is -0.355 e. The zero-order valence-electron chi connectivity index (χ0n) is 15.3. The van der Waals surface area contributed by atoms with Crippen molar-refractivity contribution in [2.75, 3.05) is 38.0 Å². The van der Waals surface area contributed by atoms with Gasteiger partial charge in [-0.25, -0.2) is 0 Å². The first-order valence-electron chi connectivity index (χ1n) is 8.68. The van der Waals surface area contributed by atoms with Gasteiger partial charge in [-0.3, -0.25) is 14.4 Å². The van der Waals surface area contributed by atoms with E-state index in [1.165, 1.54) is 0 Å². The molecule has 0 spiro atoms. The average molecular weight is 349 g/mol. The standard InChI is InChI=1S/C18H28N4O3/c1-4-10-22(12-17(24)20-11-16(23)19-5-2)13-18(25)21-15-9-7-6-8-14(15)3/h6-9H,4-5,10-13H2,1-3H3,(H,19,23)(H,20,24)(H,21,25)/p+1. The van der Waals surface area contributed by atoms with Gasteiger partial charge < -0.3 is 20.9 Å². The highest BCUT2D eigenvalue weighted by molar-refractivity contribution is 5.92. The van der Waals surface area contributed by atoms with Crippen molar-refractivity contribution in [3.8, 4) is 0 Å². The van der Waals surface area contributed by atoms with E-state index in [-0.39, 0.29) is 37.4 Å². The smallest absolute Gasteiger partial charge is 0.279 e. The Hall–Kier alpha value is -2.41. The van der Waals surface area contributed by atoms with E-state index >= 15 is 0 Å². The number of anilines is 1. The van der Waals surface area contributed by atoms with E-state index in [1.54, 1.807) is 0 Å². The molecule has 1 aromatic carbocycles. The maximum Gasteiger partial charge on any atom is 0.279 e. The third-order valence-corrected chi connectivity index (χ3v) is 3.66. The number of aryl methyl sites for hydroxylation is 1. The molecule has 0 fully saturated rings. The van der Waals surface area contributed by atoms with Gasteiger partial charge in [-0.2, -0.15) is 0 Å². The predicted octanol–water partition coefficient (Wildman–Crippen LogP) is -0.519. The van der Waals surface area contributed by atoms with Crippen molar-refractivity contribution in [2.24, 2.45) is 0 Å². The van der Waals surface area contributed by atoms with Gasteiger partial charge in [-0.15, -0.1) is 0 Å². The number of quaternary nitrogens is 1. The predicted molar refractivity (Wildman–Crippen MR) is 97.4 cm³/mol. The minimum atomic E-state index is -0.238. The lowest BCUT2D eigenvalue weighted by Gasteiger charge is -2.18. The Kier molecular flexibility index (Phi) is 9.24. The molecule has 7 nitrogen and oxygen atoms in total. The number of amides is 3. The van der Waals surface area contributed by atoms with E-state index in [0.29, 0.717) is 13.1 Å². The molecule has 1 rings (SSSR count). The Morgan fingerprint density at radius 2 is 1.64 bits per heavy atom. The van der Waals surface area contributed by atoms with Crippen LogP contribution in [-0.2, 0) is 14.4 Å². The molecule has 0 aromatic heterocycles. The van der Waals surface area contributed by atoms with Crippen LogP contribution in [0.25, 0.3) is 0 Å². The van der Waals surface area contributed by atoms with Crippen molar-refractivity contribution in [1.82, 2.24) is 10.6 Å². The van der Waals surface area contributed by atoms with E-state index < -0.39 is 0 Å². The molecule has 1 unspecified atom stereocenters. The monoisotopic (exact) mass is 349 g/mol. The maximum absolute atomic E-state index is 12.3. The first-order chi connectivity index (χ1) is 12.0. The quantitative estimate of drug-likeness (QED) is 0.458. The molecule has 1 aromatic rings. The molecule has 0 saturated heterocycles. The Labute approximate surface area is 149 Å². The van der Waals surface area contributed by atoms with Gasteiger partial charge in [0.15, 0.2) is 13.1 Å². The van der Waals surface area contributed by atoms with Crippen LogP contribution in [0, 0.1) is 6.92 Å². The number of hydrogen-bond acceptors (Lipinski definition) is 3. The van der Waals surface area contributed by atoms with Crippen LogP contribution in [0.3, 0.4) is 0 Å². The van der Waals surface area contributed by atoms with E-state index in [1.807, 2.05) is 45.0 Å². The van der Waals surface area contributed by atoms with Gasteiger partial charge >= 0.3 is 0 Å².